The summed E-state index contributed by atoms with van der Waals surface area (Å²) < 4.78 is 24.8. The third kappa shape index (κ3) is 6.20. The van der Waals surface area contributed by atoms with Crippen molar-refractivity contribution < 1.29 is 8.42 Å². The van der Waals surface area contributed by atoms with Gasteiger partial charge in [-0.15, -0.1) is 0 Å². The molecule has 0 saturated heterocycles. The van der Waals surface area contributed by atoms with Crippen molar-refractivity contribution in [3.8, 4) is 0 Å². The first-order valence-corrected chi connectivity index (χ1v) is 8.20. The Morgan fingerprint density at radius 3 is 2.67 bits per heavy atom. The monoisotopic (exact) mass is 276 g/mol. The minimum atomic E-state index is -3.08. The summed E-state index contributed by atoms with van der Waals surface area (Å²) in [5, 5.41) is 2.98. The van der Waals surface area contributed by atoms with E-state index >= 15 is 0 Å². The van der Waals surface area contributed by atoms with Crippen LogP contribution in [0.1, 0.15) is 32.6 Å². The van der Waals surface area contributed by atoms with E-state index in [4.69, 9.17) is 5.73 Å². The Morgan fingerprint density at radius 1 is 1.39 bits per heavy atom. The Hall–Kier alpha value is -0.820. The maximum Gasteiger partial charge on any atom is 0.211 e. The Balaban J connectivity index is 2.02. The summed E-state index contributed by atoms with van der Waals surface area (Å²) in [6, 6.07) is 0. The van der Waals surface area contributed by atoms with Crippen molar-refractivity contribution in [2.24, 2.45) is 16.6 Å². The van der Waals surface area contributed by atoms with Gasteiger partial charge in [0.25, 0.3) is 0 Å². The van der Waals surface area contributed by atoms with Crippen molar-refractivity contribution in [1.82, 2.24) is 10.0 Å². The third-order valence-electron chi connectivity index (χ3n) is 3.11. The molecule has 1 rings (SSSR count). The van der Waals surface area contributed by atoms with E-state index in [2.05, 4.69) is 15.0 Å². The Kier molecular flexibility index (Phi) is 6.42. The van der Waals surface area contributed by atoms with Crippen LogP contribution in [-0.2, 0) is 10.0 Å². The van der Waals surface area contributed by atoms with Crippen LogP contribution in [0, 0.1) is 5.92 Å². The number of nitrogens with two attached hydrogens (primary N) is 1. The van der Waals surface area contributed by atoms with E-state index in [1.807, 2.05) is 0 Å². The van der Waals surface area contributed by atoms with Gasteiger partial charge in [0.05, 0.1) is 5.75 Å². The molecule has 0 aromatic carbocycles. The predicted molar refractivity (Wildman–Crippen MR) is 73.9 cm³/mol. The molecule has 1 fully saturated rings. The summed E-state index contributed by atoms with van der Waals surface area (Å²) in [6.07, 6.45) is 4.52. The largest absolute Gasteiger partial charge is 0.370 e. The maximum absolute atomic E-state index is 11.1. The van der Waals surface area contributed by atoms with Crippen LogP contribution in [0.4, 0.5) is 0 Å². The maximum atomic E-state index is 11.1. The minimum Gasteiger partial charge on any atom is -0.370 e. The van der Waals surface area contributed by atoms with Gasteiger partial charge in [0.1, 0.15) is 0 Å². The number of hydrogen-bond donors (Lipinski definition) is 3. The highest BCUT2D eigenvalue weighted by atomic mass is 32.2. The standard InChI is InChI=1S/C11H24N4O2S/c1-2-18(16,17)15-8-4-7-13-11(12)14-9-10-5-3-6-10/h10,15H,2-9H2,1H3,(H3,12,13,14). The molecule has 0 radical (unpaired) electrons. The van der Waals surface area contributed by atoms with Gasteiger partial charge in [-0.3, -0.25) is 4.99 Å². The van der Waals surface area contributed by atoms with Crippen LogP contribution >= 0.6 is 0 Å². The quantitative estimate of drug-likeness (QED) is 0.331. The number of guanidine groups is 1. The molecule has 0 atom stereocenters. The van der Waals surface area contributed by atoms with Crippen molar-refractivity contribution >= 4 is 16.0 Å². The van der Waals surface area contributed by atoms with E-state index in [0.29, 0.717) is 31.4 Å². The van der Waals surface area contributed by atoms with Gasteiger partial charge >= 0.3 is 0 Å². The van der Waals surface area contributed by atoms with E-state index in [9.17, 15) is 8.42 Å². The Labute approximate surface area is 109 Å². The summed E-state index contributed by atoms with van der Waals surface area (Å²) in [7, 11) is -3.08. The Morgan fingerprint density at radius 2 is 2.11 bits per heavy atom. The van der Waals surface area contributed by atoms with Gasteiger partial charge in [-0.2, -0.15) is 0 Å². The lowest BCUT2D eigenvalue weighted by Gasteiger charge is -2.23. The highest BCUT2D eigenvalue weighted by Gasteiger charge is 2.16. The molecule has 4 N–H and O–H groups in total. The lowest BCUT2D eigenvalue weighted by atomic mass is 9.86. The molecule has 0 heterocycles. The summed E-state index contributed by atoms with van der Waals surface area (Å²) in [4.78, 5) is 4.25. The summed E-state index contributed by atoms with van der Waals surface area (Å²) >= 11 is 0. The van der Waals surface area contributed by atoms with Crippen LogP contribution < -0.4 is 15.8 Å². The molecular weight excluding hydrogens is 252 g/mol. The topological polar surface area (TPSA) is 96.6 Å². The van der Waals surface area contributed by atoms with Gasteiger partial charge in [0, 0.05) is 19.6 Å². The molecule has 0 aromatic heterocycles. The molecule has 0 unspecified atom stereocenters. The van der Waals surface area contributed by atoms with Crippen molar-refractivity contribution in [2.75, 3.05) is 25.4 Å². The first kappa shape index (κ1) is 15.2. The van der Waals surface area contributed by atoms with Gasteiger partial charge < -0.3 is 11.1 Å². The van der Waals surface area contributed by atoms with Crippen molar-refractivity contribution in [3.63, 3.8) is 0 Å². The number of aliphatic imine (C=N–C) groups is 1. The zero-order chi connectivity index (χ0) is 13.4. The molecule has 106 valence electrons. The second kappa shape index (κ2) is 7.58. The van der Waals surface area contributed by atoms with E-state index in [1.54, 1.807) is 6.92 Å². The second-order valence-electron chi connectivity index (χ2n) is 4.60. The zero-order valence-corrected chi connectivity index (χ0v) is 11.8. The first-order valence-electron chi connectivity index (χ1n) is 6.54. The highest BCUT2D eigenvalue weighted by Crippen LogP contribution is 2.26. The SMILES string of the molecule is CCS(=O)(=O)NCCCNC(N)=NCC1CCC1. The predicted octanol–water partition coefficient (Wildman–Crippen LogP) is 0.0202. The average molecular weight is 276 g/mol. The molecule has 0 aromatic rings. The Bertz CT molecular complexity index is 363. The molecule has 0 bridgehead atoms. The van der Waals surface area contributed by atoms with Crippen molar-refractivity contribution in [3.05, 3.63) is 0 Å². The highest BCUT2D eigenvalue weighted by molar-refractivity contribution is 7.89. The van der Waals surface area contributed by atoms with Crippen LogP contribution in [0.2, 0.25) is 0 Å². The molecule has 0 aliphatic heterocycles. The lowest BCUT2D eigenvalue weighted by molar-refractivity contribution is 0.326. The lowest BCUT2D eigenvalue weighted by Crippen LogP contribution is -2.35. The second-order valence-corrected chi connectivity index (χ2v) is 6.70. The van der Waals surface area contributed by atoms with Crippen LogP contribution in [0.3, 0.4) is 0 Å². The minimum absolute atomic E-state index is 0.116. The molecule has 18 heavy (non-hydrogen) atoms. The van der Waals surface area contributed by atoms with Gasteiger partial charge in [-0.1, -0.05) is 6.42 Å². The molecule has 1 aliphatic carbocycles. The van der Waals surface area contributed by atoms with Crippen LogP contribution in [0.5, 0.6) is 0 Å². The number of nitrogens with one attached hydrogen (secondary N) is 2. The van der Waals surface area contributed by atoms with Crippen molar-refractivity contribution in [2.45, 2.75) is 32.6 Å². The average Bonchev–Trinajstić information content (AvgIpc) is 2.26. The number of sulfonamides is 1. The van der Waals surface area contributed by atoms with Gasteiger partial charge in [-0.05, 0) is 32.1 Å². The molecule has 1 saturated carbocycles. The fourth-order valence-electron chi connectivity index (χ4n) is 1.59. The van der Waals surface area contributed by atoms with Gasteiger partial charge in [-0.25, -0.2) is 13.1 Å². The zero-order valence-electron chi connectivity index (χ0n) is 11.0. The van der Waals surface area contributed by atoms with Crippen LogP contribution in [0.15, 0.2) is 4.99 Å². The van der Waals surface area contributed by atoms with E-state index < -0.39 is 10.0 Å². The van der Waals surface area contributed by atoms with E-state index in [0.717, 1.165) is 6.54 Å². The summed E-state index contributed by atoms with van der Waals surface area (Å²) in [5.74, 6) is 1.28. The normalized spacial score (nSPS) is 17.5. The molecule has 6 nitrogen and oxygen atoms in total. The molecule has 7 heteroatoms. The van der Waals surface area contributed by atoms with E-state index in [1.165, 1.54) is 19.3 Å². The van der Waals surface area contributed by atoms with Gasteiger partial charge in [0.15, 0.2) is 5.96 Å². The van der Waals surface area contributed by atoms with Crippen LogP contribution in [-0.4, -0.2) is 39.8 Å². The third-order valence-corrected chi connectivity index (χ3v) is 4.51. The summed E-state index contributed by atoms with van der Waals surface area (Å²) in [6.45, 7) is 3.48. The molecule has 0 spiro atoms. The first-order chi connectivity index (χ1) is 8.53. The van der Waals surface area contributed by atoms with E-state index in [-0.39, 0.29) is 5.75 Å². The summed E-state index contributed by atoms with van der Waals surface area (Å²) in [5.41, 5.74) is 5.70. The number of hydrogen-bond acceptors (Lipinski definition) is 3. The molecular formula is C11H24N4O2S. The molecule has 0 amide bonds. The van der Waals surface area contributed by atoms with Gasteiger partial charge in [0.2, 0.25) is 10.0 Å². The number of nitrogens with zero attached hydrogens (tertiary/aromatic N) is 1. The number of rotatable bonds is 8. The smallest absolute Gasteiger partial charge is 0.211 e. The fourth-order valence-corrected chi connectivity index (χ4v) is 2.25. The van der Waals surface area contributed by atoms with Crippen molar-refractivity contribution in [1.29, 1.82) is 0 Å². The molecule has 1 aliphatic rings. The fraction of sp³-hybridized carbons (Fsp3) is 0.909. The van der Waals surface area contributed by atoms with Crippen LogP contribution in [0.25, 0.3) is 0 Å².